The third kappa shape index (κ3) is 2.89. The minimum atomic E-state index is -0.0114. The fourth-order valence-corrected chi connectivity index (χ4v) is 3.19. The second kappa shape index (κ2) is 5.32. The zero-order chi connectivity index (χ0) is 15.0. The molecular weight excluding hydrogens is 260 g/mol. The summed E-state index contributed by atoms with van der Waals surface area (Å²) in [5.41, 5.74) is 6.78. The smallest absolute Gasteiger partial charge is 0.179 e. The van der Waals surface area contributed by atoms with E-state index in [-0.39, 0.29) is 5.54 Å². The maximum atomic E-state index is 4.96. The molecular formula is C17H26N4. The predicted octanol–water partition coefficient (Wildman–Crippen LogP) is 4.13. The van der Waals surface area contributed by atoms with Crippen molar-refractivity contribution in [3.63, 3.8) is 0 Å². The number of imidazole rings is 1. The van der Waals surface area contributed by atoms with Gasteiger partial charge in [-0.3, -0.25) is 0 Å². The third-order valence-electron chi connectivity index (χ3n) is 4.19. The Labute approximate surface area is 127 Å². The van der Waals surface area contributed by atoms with Crippen molar-refractivity contribution in [1.82, 2.24) is 14.6 Å². The van der Waals surface area contributed by atoms with Crippen LogP contribution < -0.4 is 5.43 Å². The number of fused-ring (bicyclic) bond motifs is 1. The van der Waals surface area contributed by atoms with E-state index in [1.807, 2.05) is 12.3 Å². The molecule has 1 N–H and O–H groups in total. The number of hydrogen-bond acceptors (Lipinski definition) is 3. The van der Waals surface area contributed by atoms with Crippen LogP contribution >= 0.6 is 0 Å². The molecule has 114 valence electrons. The number of hydrogen-bond donors (Lipinski definition) is 1. The molecule has 1 aliphatic carbocycles. The molecule has 0 spiro atoms. The van der Waals surface area contributed by atoms with Crippen molar-refractivity contribution in [3.8, 4) is 0 Å². The summed E-state index contributed by atoms with van der Waals surface area (Å²) in [6.45, 7) is 8.65. The molecule has 3 rings (SSSR count). The van der Waals surface area contributed by atoms with Crippen molar-refractivity contribution in [2.75, 3.05) is 5.43 Å². The van der Waals surface area contributed by atoms with Gasteiger partial charge in [0.25, 0.3) is 0 Å². The number of aryl methyl sites for hydroxylation is 1. The quantitative estimate of drug-likeness (QED) is 0.902. The van der Waals surface area contributed by atoms with Crippen LogP contribution in [-0.2, 0) is 0 Å². The molecule has 0 bridgehead atoms. The maximum absolute atomic E-state index is 4.96. The Morgan fingerprint density at radius 2 is 1.90 bits per heavy atom. The molecule has 0 atom stereocenters. The van der Waals surface area contributed by atoms with E-state index in [0.717, 1.165) is 11.2 Å². The summed E-state index contributed by atoms with van der Waals surface area (Å²) in [5.74, 6) is 1.73. The normalized spacial score (nSPS) is 17.3. The van der Waals surface area contributed by atoms with Crippen molar-refractivity contribution in [2.24, 2.45) is 0 Å². The second-order valence-electron chi connectivity index (χ2n) is 7.30. The Kier molecular flexibility index (Phi) is 3.64. The topological polar surface area (TPSA) is 42.7 Å². The summed E-state index contributed by atoms with van der Waals surface area (Å²) in [6.07, 6.45) is 8.36. The Bertz CT molecular complexity index is 630. The Morgan fingerprint density at radius 3 is 2.57 bits per heavy atom. The highest BCUT2D eigenvalue weighted by molar-refractivity contribution is 5.75. The summed E-state index contributed by atoms with van der Waals surface area (Å²) in [4.78, 5) is 9.54. The first kappa shape index (κ1) is 14.4. The van der Waals surface area contributed by atoms with E-state index in [4.69, 9.17) is 4.98 Å². The lowest BCUT2D eigenvalue weighted by Crippen LogP contribution is -2.35. The number of aromatic nitrogens is 3. The number of nitrogens with one attached hydrogen (secondary N) is 1. The lowest BCUT2D eigenvalue weighted by atomic mass is 9.89. The third-order valence-corrected chi connectivity index (χ3v) is 4.19. The lowest BCUT2D eigenvalue weighted by Gasteiger charge is -2.27. The summed E-state index contributed by atoms with van der Waals surface area (Å²) in [7, 11) is 0. The van der Waals surface area contributed by atoms with E-state index in [1.54, 1.807) is 0 Å². The minimum Gasteiger partial charge on any atom is -0.317 e. The molecule has 0 amide bonds. The van der Waals surface area contributed by atoms with Gasteiger partial charge in [0.05, 0.1) is 0 Å². The van der Waals surface area contributed by atoms with E-state index < -0.39 is 0 Å². The van der Waals surface area contributed by atoms with Crippen molar-refractivity contribution >= 4 is 11.2 Å². The van der Waals surface area contributed by atoms with Gasteiger partial charge in [0.15, 0.2) is 5.65 Å². The fourth-order valence-electron chi connectivity index (χ4n) is 3.19. The fraction of sp³-hybridized carbons (Fsp3) is 0.647. The molecule has 4 nitrogen and oxygen atoms in total. The number of pyridine rings is 1. The van der Waals surface area contributed by atoms with Crippen LogP contribution in [0.1, 0.15) is 70.2 Å². The largest absolute Gasteiger partial charge is 0.317 e. The van der Waals surface area contributed by atoms with Crippen LogP contribution in [0.25, 0.3) is 11.2 Å². The molecule has 1 saturated carbocycles. The monoisotopic (exact) mass is 286 g/mol. The Balaban J connectivity index is 2.12. The van der Waals surface area contributed by atoms with Gasteiger partial charge < -0.3 is 5.43 Å². The zero-order valence-electron chi connectivity index (χ0n) is 13.6. The van der Waals surface area contributed by atoms with Crippen molar-refractivity contribution in [3.05, 3.63) is 23.7 Å². The highest BCUT2D eigenvalue weighted by atomic mass is 15.5. The van der Waals surface area contributed by atoms with Gasteiger partial charge in [-0.05, 0) is 52.2 Å². The van der Waals surface area contributed by atoms with Crippen LogP contribution in [0.5, 0.6) is 0 Å². The lowest BCUT2D eigenvalue weighted by molar-refractivity contribution is 0.416. The van der Waals surface area contributed by atoms with Crippen LogP contribution in [0.15, 0.2) is 12.3 Å². The highest BCUT2D eigenvalue weighted by Crippen LogP contribution is 2.33. The van der Waals surface area contributed by atoms with E-state index in [9.17, 15) is 0 Å². The number of rotatable bonds is 2. The van der Waals surface area contributed by atoms with Gasteiger partial charge in [0.1, 0.15) is 11.3 Å². The highest BCUT2D eigenvalue weighted by Gasteiger charge is 2.25. The molecule has 0 unspecified atom stereocenters. The van der Waals surface area contributed by atoms with Crippen LogP contribution in [0, 0.1) is 6.92 Å². The second-order valence-corrected chi connectivity index (χ2v) is 7.30. The van der Waals surface area contributed by atoms with Gasteiger partial charge in [-0.1, -0.05) is 19.3 Å². The summed E-state index contributed by atoms with van der Waals surface area (Å²) in [5, 5.41) is 0. The van der Waals surface area contributed by atoms with Crippen molar-refractivity contribution in [2.45, 2.75) is 71.3 Å². The molecule has 21 heavy (non-hydrogen) atoms. The molecule has 2 heterocycles. The minimum absolute atomic E-state index is 0.0114. The van der Waals surface area contributed by atoms with Gasteiger partial charge >= 0.3 is 0 Å². The SMILES string of the molecule is Cc1ccnc2c1nc(C1CCCCC1)n2NC(C)(C)C. The maximum Gasteiger partial charge on any atom is 0.179 e. The van der Waals surface area contributed by atoms with Crippen molar-refractivity contribution in [1.29, 1.82) is 0 Å². The standard InChI is InChI=1S/C17H26N4/c1-12-10-11-18-16-14(12)19-15(13-8-6-5-7-9-13)21(16)20-17(2,3)4/h10-11,13,20H,5-9H2,1-4H3. The average molecular weight is 286 g/mol. The molecule has 0 aromatic carbocycles. The summed E-state index contributed by atoms with van der Waals surface area (Å²) in [6, 6.07) is 2.04. The van der Waals surface area contributed by atoms with Crippen LogP contribution in [-0.4, -0.2) is 20.2 Å². The Hall–Kier alpha value is -1.58. The van der Waals surface area contributed by atoms with Crippen LogP contribution in [0.2, 0.25) is 0 Å². The van der Waals surface area contributed by atoms with Crippen molar-refractivity contribution < 1.29 is 0 Å². The summed E-state index contributed by atoms with van der Waals surface area (Å²) >= 11 is 0. The molecule has 1 aliphatic rings. The summed E-state index contributed by atoms with van der Waals surface area (Å²) < 4.78 is 2.15. The number of nitrogens with zero attached hydrogens (tertiary/aromatic N) is 3. The Morgan fingerprint density at radius 1 is 1.19 bits per heavy atom. The molecule has 1 fully saturated rings. The van der Waals surface area contributed by atoms with E-state index in [1.165, 1.54) is 43.5 Å². The van der Waals surface area contributed by atoms with Gasteiger partial charge in [-0.2, -0.15) is 0 Å². The van der Waals surface area contributed by atoms with Crippen LogP contribution in [0.3, 0.4) is 0 Å². The van der Waals surface area contributed by atoms with Gasteiger partial charge in [-0.25, -0.2) is 14.6 Å². The first-order valence-electron chi connectivity index (χ1n) is 8.08. The predicted molar refractivity (Wildman–Crippen MR) is 87.2 cm³/mol. The first-order chi connectivity index (χ1) is 9.96. The molecule has 0 aliphatic heterocycles. The molecule has 2 aromatic heterocycles. The molecule has 0 saturated heterocycles. The first-order valence-corrected chi connectivity index (χ1v) is 8.08. The molecule has 2 aromatic rings. The van der Waals surface area contributed by atoms with Crippen LogP contribution in [0.4, 0.5) is 0 Å². The van der Waals surface area contributed by atoms with E-state index in [0.29, 0.717) is 5.92 Å². The molecule has 0 radical (unpaired) electrons. The van der Waals surface area contributed by atoms with E-state index >= 15 is 0 Å². The van der Waals surface area contributed by atoms with Gasteiger partial charge in [-0.15, -0.1) is 0 Å². The van der Waals surface area contributed by atoms with Gasteiger partial charge in [0.2, 0.25) is 0 Å². The van der Waals surface area contributed by atoms with E-state index in [2.05, 4.69) is 42.8 Å². The van der Waals surface area contributed by atoms with Gasteiger partial charge in [0, 0.05) is 17.7 Å². The zero-order valence-corrected chi connectivity index (χ0v) is 13.6. The molecule has 4 heteroatoms. The average Bonchev–Trinajstić information content (AvgIpc) is 2.78.